The molecule has 0 amide bonds. The summed E-state index contributed by atoms with van der Waals surface area (Å²) in [5.74, 6) is -0.741. The number of anilines is 1. The lowest BCUT2D eigenvalue weighted by Gasteiger charge is -2.17. The normalized spacial score (nSPS) is 12.4. The van der Waals surface area contributed by atoms with Crippen LogP contribution in [0.15, 0.2) is 30.7 Å². The molecule has 1 N–H and O–H groups in total. The van der Waals surface area contributed by atoms with Gasteiger partial charge in [0.25, 0.3) is 0 Å². The summed E-state index contributed by atoms with van der Waals surface area (Å²) in [6.45, 7) is 1.74. The molecule has 0 spiro atoms. The summed E-state index contributed by atoms with van der Waals surface area (Å²) in [7, 11) is 1.44. The lowest BCUT2D eigenvalue weighted by atomic mass is 10.1. The second-order valence-corrected chi connectivity index (χ2v) is 4.69. The Hall–Kier alpha value is -2.77. The third-order valence-electron chi connectivity index (χ3n) is 3.20. The van der Waals surface area contributed by atoms with Crippen molar-refractivity contribution in [1.82, 2.24) is 19.6 Å². The number of ether oxygens (including phenoxy) is 1. The number of pyridine rings is 1. The first-order valence-electron chi connectivity index (χ1n) is 6.54. The molecular weight excluding hydrogens is 292 g/mol. The monoisotopic (exact) mass is 305 g/mol. The van der Waals surface area contributed by atoms with Gasteiger partial charge in [-0.25, -0.2) is 23.3 Å². The van der Waals surface area contributed by atoms with Crippen LogP contribution in [0.25, 0.3) is 5.65 Å². The third-order valence-corrected chi connectivity index (χ3v) is 3.20. The van der Waals surface area contributed by atoms with Gasteiger partial charge in [-0.3, -0.25) is 0 Å². The van der Waals surface area contributed by atoms with Gasteiger partial charge in [0.15, 0.2) is 17.3 Å². The molecule has 0 aliphatic rings. The number of nitrogens with one attached hydrogen (secondary N) is 1. The summed E-state index contributed by atoms with van der Waals surface area (Å²) in [5, 5.41) is 6.80. The van der Waals surface area contributed by atoms with Gasteiger partial charge in [0.2, 0.25) is 5.88 Å². The first-order chi connectivity index (χ1) is 10.6. The molecule has 6 nitrogen and oxygen atoms in total. The smallest absolute Gasteiger partial charge is 0.218 e. The molecular formula is C14H13F2N5O. The highest BCUT2D eigenvalue weighted by atomic mass is 19.1. The molecule has 114 valence electrons. The molecule has 0 radical (unpaired) electrons. The van der Waals surface area contributed by atoms with Gasteiger partial charge in [0.1, 0.15) is 5.82 Å². The minimum atomic E-state index is -0.564. The van der Waals surface area contributed by atoms with Gasteiger partial charge >= 0.3 is 0 Å². The van der Waals surface area contributed by atoms with Gasteiger partial charge in [0.05, 0.1) is 31.7 Å². The molecule has 0 fully saturated rings. The van der Waals surface area contributed by atoms with E-state index in [1.165, 1.54) is 30.1 Å². The first-order valence-corrected chi connectivity index (χ1v) is 6.54. The van der Waals surface area contributed by atoms with E-state index < -0.39 is 17.7 Å². The van der Waals surface area contributed by atoms with Crippen molar-refractivity contribution in [2.75, 3.05) is 12.4 Å². The van der Waals surface area contributed by atoms with Crippen LogP contribution in [0.1, 0.15) is 18.5 Å². The van der Waals surface area contributed by atoms with E-state index in [1.807, 2.05) is 0 Å². The molecule has 0 aliphatic carbocycles. The quantitative estimate of drug-likeness (QED) is 0.802. The van der Waals surface area contributed by atoms with Gasteiger partial charge < -0.3 is 10.1 Å². The fourth-order valence-electron chi connectivity index (χ4n) is 2.14. The fraction of sp³-hybridized carbons (Fsp3) is 0.214. The third kappa shape index (κ3) is 2.54. The number of hydrogen-bond donors (Lipinski definition) is 1. The van der Waals surface area contributed by atoms with Crippen molar-refractivity contribution in [3.63, 3.8) is 0 Å². The van der Waals surface area contributed by atoms with Crippen molar-refractivity contribution in [1.29, 1.82) is 0 Å². The van der Waals surface area contributed by atoms with Crippen LogP contribution in [0.3, 0.4) is 0 Å². The zero-order chi connectivity index (χ0) is 15.7. The topological polar surface area (TPSA) is 64.3 Å². The Morgan fingerprint density at radius 1 is 1.36 bits per heavy atom. The first kappa shape index (κ1) is 14.2. The van der Waals surface area contributed by atoms with Gasteiger partial charge in [-0.1, -0.05) is 0 Å². The SMILES string of the molecule is COc1ncc(F)cc1C(C)Nc1nc2ccnn2cc1F. The standard InChI is InChI=1S/C14H13F2N5O/c1-8(10-5-9(15)6-17-14(10)22-2)19-13-11(16)7-21-12(20-13)3-4-18-21/h3-8H,1-2H3,(H,19,20). The van der Waals surface area contributed by atoms with Crippen LogP contribution in [0.2, 0.25) is 0 Å². The van der Waals surface area contributed by atoms with E-state index >= 15 is 0 Å². The molecule has 0 aliphatic heterocycles. The maximum atomic E-state index is 14.0. The molecule has 8 heteroatoms. The van der Waals surface area contributed by atoms with Gasteiger partial charge in [-0.15, -0.1) is 0 Å². The molecule has 0 saturated carbocycles. The van der Waals surface area contributed by atoms with Crippen LogP contribution < -0.4 is 10.1 Å². The highest BCUT2D eigenvalue weighted by Gasteiger charge is 2.17. The molecule has 0 bridgehead atoms. The number of nitrogens with zero attached hydrogens (tertiary/aromatic N) is 4. The van der Waals surface area contributed by atoms with Crippen LogP contribution in [0.5, 0.6) is 5.88 Å². The predicted octanol–water partition coefficient (Wildman–Crippen LogP) is 2.58. The Morgan fingerprint density at radius 3 is 2.95 bits per heavy atom. The summed E-state index contributed by atoms with van der Waals surface area (Å²) < 4.78 is 33.8. The second kappa shape index (κ2) is 5.55. The van der Waals surface area contributed by atoms with E-state index in [9.17, 15) is 8.78 Å². The van der Waals surface area contributed by atoms with Crippen molar-refractivity contribution < 1.29 is 13.5 Å². The molecule has 3 rings (SSSR count). The molecule has 3 aromatic heterocycles. The van der Waals surface area contributed by atoms with Gasteiger partial charge in [-0.05, 0) is 13.0 Å². The highest BCUT2D eigenvalue weighted by Crippen LogP contribution is 2.27. The molecule has 1 unspecified atom stereocenters. The number of fused-ring (bicyclic) bond motifs is 1. The molecule has 22 heavy (non-hydrogen) atoms. The summed E-state index contributed by atoms with van der Waals surface area (Å²) in [5.41, 5.74) is 0.970. The number of halogens is 2. The fourth-order valence-corrected chi connectivity index (χ4v) is 2.14. The van der Waals surface area contributed by atoms with Crippen molar-refractivity contribution >= 4 is 11.5 Å². The van der Waals surface area contributed by atoms with Gasteiger partial charge in [-0.2, -0.15) is 5.10 Å². The van der Waals surface area contributed by atoms with Crippen LogP contribution >= 0.6 is 0 Å². The van der Waals surface area contributed by atoms with Crippen molar-refractivity contribution in [3.05, 3.63) is 47.9 Å². The van der Waals surface area contributed by atoms with Crippen molar-refractivity contribution in [3.8, 4) is 5.88 Å². The van der Waals surface area contributed by atoms with E-state index in [2.05, 4.69) is 20.4 Å². The minimum absolute atomic E-state index is 0.0480. The van der Waals surface area contributed by atoms with Crippen LogP contribution in [-0.4, -0.2) is 26.7 Å². The highest BCUT2D eigenvalue weighted by molar-refractivity contribution is 5.48. The Balaban J connectivity index is 1.94. The average Bonchev–Trinajstić information content (AvgIpc) is 2.94. The minimum Gasteiger partial charge on any atom is -0.481 e. The van der Waals surface area contributed by atoms with E-state index in [-0.39, 0.29) is 11.7 Å². The average molecular weight is 305 g/mol. The maximum absolute atomic E-state index is 14.0. The maximum Gasteiger partial charge on any atom is 0.218 e. The Labute approximate surface area is 124 Å². The number of aromatic nitrogens is 4. The zero-order valence-corrected chi connectivity index (χ0v) is 11.9. The van der Waals surface area contributed by atoms with Gasteiger partial charge in [0, 0.05) is 11.6 Å². The lowest BCUT2D eigenvalue weighted by Crippen LogP contribution is -2.12. The number of hydrogen-bond acceptors (Lipinski definition) is 5. The van der Waals surface area contributed by atoms with Crippen LogP contribution in [0.4, 0.5) is 14.6 Å². The Kier molecular flexibility index (Phi) is 3.58. The van der Waals surface area contributed by atoms with Crippen LogP contribution in [-0.2, 0) is 0 Å². The predicted molar refractivity (Wildman–Crippen MR) is 75.7 cm³/mol. The molecule has 3 heterocycles. The molecule has 3 aromatic rings. The van der Waals surface area contributed by atoms with E-state index in [4.69, 9.17) is 4.74 Å². The molecule has 0 aromatic carbocycles. The zero-order valence-electron chi connectivity index (χ0n) is 11.9. The summed E-state index contributed by atoms with van der Waals surface area (Å²) >= 11 is 0. The summed E-state index contributed by atoms with van der Waals surface area (Å²) in [6, 6.07) is 2.49. The Bertz CT molecular complexity index is 820. The van der Waals surface area contributed by atoms with E-state index in [1.54, 1.807) is 13.0 Å². The number of rotatable bonds is 4. The summed E-state index contributed by atoms with van der Waals surface area (Å²) in [4.78, 5) is 8.00. The van der Waals surface area contributed by atoms with Crippen molar-refractivity contribution in [2.24, 2.45) is 0 Å². The lowest BCUT2D eigenvalue weighted by molar-refractivity contribution is 0.388. The largest absolute Gasteiger partial charge is 0.481 e. The van der Waals surface area contributed by atoms with Crippen molar-refractivity contribution in [2.45, 2.75) is 13.0 Å². The van der Waals surface area contributed by atoms with Crippen LogP contribution in [0, 0.1) is 11.6 Å². The molecule has 0 saturated heterocycles. The second-order valence-electron chi connectivity index (χ2n) is 4.69. The van der Waals surface area contributed by atoms with E-state index in [0.29, 0.717) is 11.2 Å². The Morgan fingerprint density at radius 2 is 2.18 bits per heavy atom. The van der Waals surface area contributed by atoms with E-state index in [0.717, 1.165) is 6.20 Å². The summed E-state index contributed by atoms with van der Waals surface area (Å²) in [6.07, 6.45) is 3.80. The molecule has 1 atom stereocenters. The number of methoxy groups -OCH3 is 1.